The molecule has 2 rings (SSSR count). The number of aryl methyl sites for hydroxylation is 1. The van der Waals surface area contributed by atoms with Gasteiger partial charge < -0.3 is 4.74 Å². The molecule has 1 aromatic heterocycles. The molecule has 0 amide bonds. The first-order valence-electron chi connectivity index (χ1n) is 11.9. The minimum Gasteiger partial charge on any atom is -0.494 e. The molecule has 0 saturated heterocycles. The maximum absolute atomic E-state index is 5.77. The van der Waals surface area contributed by atoms with E-state index in [2.05, 4.69) is 63.4 Å². The molecule has 1 aromatic carbocycles. The Balaban J connectivity index is 1.73. The van der Waals surface area contributed by atoms with Gasteiger partial charge in [0, 0.05) is 17.8 Å². The van der Waals surface area contributed by atoms with Crippen molar-refractivity contribution in [2.75, 3.05) is 6.61 Å². The molecule has 1 unspecified atom stereocenters. The van der Waals surface area contributed by atoms with Crippen molar-refractivity contribution in [1.29, 1.82) is 0 Å². The number of pyridine rings is 1. The lowest BCUT2D eigenvalue weighted by Gasteiger charge is -2.13. The van der Waals surface area contributed by atoms with Crippen molar-refractivity contribution in [2.45, 2.75) is 97.3 Å². The van der Waals surface area contributed by atoms with Gasteiger partial charge in [0.25, 0.3) is 0 Å². The van der Waals surface area contributed by atoms with Crippen LogP contribution in [0.5, 0.6) is 5.75 Å². The molecule has 2 aromatic rings. The van der Waals surface area contributed by atoms with E-state index in [9.17, 15) is 0 Å². The molecule has 0 aliphatic carbocycles. The predicted molar refractivity (Wildman–Crippen MR) is 125 cm³/mol. The Morgan fingerprint density at radius 3 is 2.03 bits per heavy atom. The highest BCUT2D eigenvalue weighted by molar-refractivity contribution is 5.33. The topological polar surface area (TPSA) is 22.1 Å². The van der Waals surface area contributed by atoms with E-state index in [1.54, 1.807) is 0 Å². The van der Waals surface area contributed by atoms with Crippen LogP contribution < -0.4 is 4.74 Å². The van der Waals surface area contributed by atoms with Crippen LogP contribution in [-0.4, -0.2) is 11.6 Å². The van der Waals surface area contributed by atoms with Gasteiger partial charge in [-0.3, -0.25) is 4.98 Å². The van der Waals surface area contributed by atoms with Crippen molar-refractivity contribution >= 4 is 0 Å². The van der Waals surface area contributed by atoms with E-state index in [4.69, 9.17) is 9.72 Å². The van der Waals surface area contributed by atoms with Crippen molar-refractivity contribution < 1.29 is 4.74 Å². The number of aromatic nitrogens is 1. The van der Waals surface area contributed by atoms with Gasteiger partial charge >= 0.3 is 0 Å². The Hall–Kier alpha value is -1.83. The molecular formula is C27H41NO. The van der Waals surface area contributed by atoms with Crippen molar-refractivity contribution in [3.05, 3.63) is 59.4 Å². The fourth-order valence-corrected chi connectivity index (χ4v) is 3.66. The second kappa shape index (κ2) is 14.2. The molecule has 0 aliphatic heterocycles. The zero-order valence-corrected chi connectivity index (χ0v) is 19.0. The van der Waals surface area contributed by atoms with Crippen LogP contribution in [0.4, 0.5) is 0 Å². The van der Waals surface area contributed by atoms with Crippen LogP contribution in [0, 0.1) is 0 Å². The molecule has 2 heteroatoms. The third kappa shape index (κ3) is 9.02. The predicted octanol–water partition coefficient (Wildman–Crippen LogP) is 8.10. The normalized spacial score (nSPS) is 12.1. The standard InChI is InChI=1S/C27H41NO/c1-4-6-8-9-10-11-12-13-14-24-15-20-27(28-22-24)23(3)25-16-18-26(19-17-25)29-21-7-5-2/h15-20,22-23H,4-14,21H2,1-3H3. The van der Waals surface area contributed by atoms with E-state index in [0.717, 1.165) is 37.3 Å². The van der Waals surface area contributed by atoms with Crippen molar-refractivity contribution in [2.24, 2.45) is 0 Å². The highest BCUT2D eigenvalue weighted by atomic mass is 16.5. The summed E-state index contributed by atoms with van der Waals surface area (Å²) in [5.41, 5.74) is 3.80. The molecule has 2 nitrogen and oxygen atoms in total. The lowest BCUT2D eigenvalue weighted by molar-refractivity contribution is 0.309. The molecule has 1 heterocycles. The van der Waals surface area contributed by atoms with E-state index in [0.29, 0.717) is 5.92 Å². The number of nitrogens with zero attached hydrogens (tertiary/aromatic N) is 1. The second-order valence-corrected chi connectivity index (χ2v) is 8.31. The Labute approximate surface area is 179 Å². The Morgan fingerprint density at radius 2 is 1.41 bits per heavy atom. The summed E-state index contributed by atoms with van der Waals surface area (Å²) in [4.78, 5) is 4.76. The number of hydrogen-bond donors (Lipinski definition) is 0. The highest BCUT2D eigenvalue weighted by Gasteiger charge is 2.10. The molecule has 0 bridgehead atoms. The third-order valence-electron chi connectivity index (χ3n) is 5.76. The third-order valence-corrected chi connectivity index (χ3v) is 5.76. The summed E-state index contributed by atoms with van der Waals surface area (Å²) in [7, 11) is 0. The lowest BCUT2D eigenvalue weighted by atomic mass is 9.96. The van der Waals surface area contributed by atoms with Crippen molar-refractivity contribution in [3.8, 4) is 5.75 Å². The van der Waals surface area contributed by atoms with Gasteiger partial charge in [0.1, 0.15) is 5.75 Å². The van der Waals surface area contributed by atoms with Gasteiger partial charge in [0.05, 0.1) is 6.61 Å². The maximum Gasteiger partial charge on any atom is 0.119 e. The fourth-order valence-electron chi connectivity index (χ4n) is 3.66. The molecular weight excluding hydrogens is 354 g/mol. The second-order valence-electron chi connectivity index (χ2n) is 8.31. The zero-order chi connectivity index (χ0) is 20.7. The lowest BCUT2D eigenvalue weighted by Crippen LogP contribution is -2.01. The van der Waals surface area contributed by atoms with Gasteiger partial charge in [0.2, 0.25) is 0 Å². The first-order chi connectivity index (χ1) is 14.2. The van der Waals surface area contributed by atoms with Crippen LogP contribution in [0.3, 0.4) is 0 Å². The van der Waals surface area contributed by atoms with Gasteiger partial charge in [0.15, 0.2) is 0 Å². The van der Waals surface area contributed by atoms with E-state index in [1.807, 2.05) is 0 Å². The van der Waals surface area contributed by atoms with Crippen LogP contribution in [-0.2, 0) is 6.42 Å². The monoisotopic (exact) mass is 395 g/mol. The van der Waals surface area contributed by atoms with Gasteiger partial charge in [-0.2, -0.15) is 0 Å². The number of rotatable bonds is 15. The number of hydrogen-bond acceptors (Lipinski definition) is 2. The molecule has 0 spiro atoms. The number of ether oxygens (including phenoxy) is 1. The van der Waals surface area contributed by atoms with Crippen molar-refractivity contribution in [3.63, 3.8) is 0 Å². The summed E-state index contributed by atoms with van der Waals surface area (Å²) in [6, 6.07) is 13.0. The maximum atomic E-state index is 5.77. The van der Waals surface area contributed by atoms with E-state index in [-0.39, 0.29) is 0 Å². The molecule has 0 N–H and O–H groups in total. The zero-order valence-electron chi connectivity index (χ0n) is 19.0. The molecule has 0 aliphatic rings. The molecule has 0 radical (unpaired) electrons. The summed E-state index contributed by atoms with van der Waals surface area (Å²) >= 11 is 0. The highest BCUT2D eigenvalue weighted by Crippen LogP contribution is 2.25. The summed E-state index contributed by atoms with van der Waals surface area (Å²) < 4.78 is 5.77. The smallest absolute Gasteiger partial charge is 0.119 e. The average Bonchev–Trinajstić information content (AvgIpc) is 2.76. The number of unbranched alkanes of at least 4 members (excludes halogenated alkanes) is 8. The van der Waals surface area contributed by atoms with Crippen LogP contribution in [0.1, 0.15) is 108 Å². The summed E-state index contributed by atoms with van der Waals surface area (Å²) in [6.45, 7) is 7.49. The van der Waals surface area contributed by atoms with E-state index >= 15 is 0 Å². The largest absolute Gasteiger partial charge is 0.494 e. The summed E-state index contributed by atoms with van der Waals surface area (Å²) in [5.74, 6) is 1.26. The van der Waals surface area contributed by atoms with Crippen LogP contribution in [0.2, 0.25) is 0 Å². The number of benzene rings is 1. The first-order valence-corrected chi connectivity index (χ1v) is 11.9. The minimum absolute atomic E-state index is 0.303. The van der Waals surface area contributed by atoms with Crippen molar-refractivity contribution in [1.82, 2.24) is 4.98 Å². The van der Waals surface area contributed by atoms with E-state index in [1.165, 1.54) is 62.5 Å². The summed E-state index contributed by atoms with van der Waals surface area (Å²) in [5, 5.41) is 0. The molecule has 0 saturated carbocycles. The van der Waals surface area contributed by atoms with Gasteiger partial charge in [-0.15, -0.1) is 0 Å². The van der Waals surface area contributed by atoms with Crippen LogP contribution >= 0.6 is 0 Å². The minimum atomic E-state index is 0.303. The molecule has 1 atom stereocenters. The van der Waals surface area contributed by atoms with Gasteiger partial charge in [-0.05, 0) is 48.6 Å². The molecule has 29 heavy (non-hydrogen) atoms. The van der Waals surface area contributed by atoms with E-state index < -0.39 is 0 Å². The van der Waals surface area contributed by atoms with Gasteiger partial charge in [-0.25, -0.2) is 0 Å². The summed E-state index contributed by atoms with van der Waals surface area (Å²) in [6.07, 6.45) is 16.5. The van der Waals surface area contributed by atoms with Crippen LogP contribution in [0.15, 0.2) is 42.6 Å². The quantitative estimate of drug-likeness (QED) is 0.284. The van der Waals surface area contributed by atoms with Gasteiger partial charge in [-0.1, -0.05) is 90.3 Å². The molecule has 0 fully saturated rings. The fraction of sp³-hybridized carbons (Fsp3) is 0.593. The average molecular weight is 396 g/mol. The first kappa shape index (κ1) is 23.4. The molecule has 160 valence electrons. The Bertz CT molecular complexity index is 647. The Morgan fingerprint density at radius 1 is 0.759 bits per heavy atom. The van der Waals surface area contributed by atoms with Crippen LogP contribution in [0.25, 0.3) is 0 Å². The Kier molecular flexibility index (Phi) is 11.5. The SMILES string of the molecule is CCCCCCCCCCc1ccc(C(C)c2ccc(OCCCC)cc2)nc1.